The number of esters is 3. The van der Waals surface area contributed by atoms with Crippen molar-refractivity contribution in [1.29, 1.82) is 0 Å². The smallest absolute Gasteiger partial charge is 0.306 e. The fourth-order valence-electron chi connectivity index (χ4n) is 11.9. The number of carbonyl (C=O) groups is 3. The van der Waals surface area contributed by atoms with Crippen LogP contribution < -0.4 is 0 Å². The van der Waals surface area contributed by atoms with Crippen LogP contribution in [-0.2, 0) is 28.6 Å². The summed E-state index contributed by atoms with van der Waals surface area (Å²) in [6.07, 6.45) is 87.1. The number of ether oxygens (including phenoxy) is 3. The zero-order valence-electron chi connectivity index (χ0n) is 56.1. The maximum absolute atomic E-state index is 12.9. The van der Waals surface area contributed by atoms with Crippen molar-refractivity contribution in [1.82, 2.24) is 0 Å². The molecule has 0 radical (unpaired) electrons. The highest BCUT2D eigenvalue weighted by molar-refractivity contribution is 5.71. The maximum atomic E-state index is 12.9. The van der Waals surface area contributed by atoms with Gasteiger partial charge in [0.2, 0.25) is 0 Å². The quantitative estimate of drug-likeness (QED) is 0.0261. The number of allylic oxidation sites excluding steroid dienone is 2. The van der Waals surface area contributed by atoms with Gasteiger partial charge in [0.1, 0.15) is 13.2 Å². The van der Waals surface area contributed by atoms with Gasteiger partial charge < -0.3 is 14.2 Å². The second-order valence-corrected chi connectivity index (χ2v) is 25.9. The summed E-state index contributed by atoms with van der Waals surface area (Å²) in [6, 6.07) is 0. The minimum atomic E-state index is -0.769. The Balaban J connectivity index is 4.01. The van der Waals surface area contributed by atoms with Gasteiger partial charge in [-0.2, -0.15) is 0 Å². The second-order valence-electron chi connectivity index (χ2n) is 25.9. The highest BCUT2D eigenvalue weighted by Crippen LogP contribution is 2.20. The third-order valence-corrected chi connectivity index (χ3v) is 17.5. The molecule has 0 amide bonds. The van der Waals surface area contributed by atoms with Crippen molar-refractivity contribution in [2.45, 2.75) is 444 Å². The first-order chi connectivity index (χ1) is 40.5. The molecule has 1 atom stereocenters. The molecule has 0 aromatic heterocycles. The van der Waals surface area contributed by atoms with E-state index in [9.17, 15) is 14.4 Å². The maximum Gasteiger partial charge on any atom is 0.306 e. The van der Waals surface area contributed by atoms with Crippen LogP contribution in [0.4, 0.5) is 0 Å². The standard InChI is InChI=1S/C76H146O6/c1-4-7-10-13-16-19-22-25-27-29-30-31-32-33-34-35-36-37-38-39-40-41-42-43-44-45-46-48-49-51-54-57-60-63-66-69-75(78)81-72-73(71-80-74(77)68-65-62-59-56-53-24-21-18-15-12-9-6-3)82-76(79)70-67-64-61-58-55-52-50-47-28-26-23-20-17-14-11-8-5-2/h18,21,73H,4-17,19-20,22-72H2,1-3H3/b21-18-. The molecule has 0 aliphatic rings. The largest absolute Gasteiger partial charge is 0.462 e. The SMILES string of the molecule is CCCCC/C=C\CCCCCCCC(=O)OCC(COC(=O)CCCCCCCCCCCCCCCCCCCCCCCCCCCCCCCCCCCCC)OC(=O)CCCCCCCCCCCCCCCCCCC. The first kappa shape index (κ1) is 80.2. The molecule has 0 bridgehead atoms. The number of hydrogen-bond donors (Lipinski definition) is 0. The third kappa shape index (κ3) is 68.9. The predicted octanol–water partition coefficient (Wildman–Crippen LogP) is 26.0. The molecular weight excluding hydrogens is 1010 g/mol. The van der Waals surface area contributed by atoms with Crippen molar-refractivity contribution >= 4 is 17.9 Å². The molecule has 1 unspecified atom stereocenters. The fraction of sp³-hybridized carbons (Fsp3) is 0.934. The van der Waals surface area contributed by atoms with Gasteiger partial charge in [0.15, 0.2) is 6.10 Å². The van der Waals surface area contributed by atoms with Crippen LogP contribution >= 0.6 is 0 Å². The molecule has 0 heterocycles. The highest BCUT2D eigenvalue weighted by Gasteiger charge is 2.20. The van der Waals surface area contributed by atoms with E-state index in [1.807, 2.05) is 0 Å². The molecule has 486 valence electrons. The molecular formula is C76H146O6. The molecule has 0 N–H and O–H groups in total. The van der Waals surface area contributed by atoms with E-state index in [0.29, 0.717) is 19.3 Å². The van der Waals surface area contributed by atoms with Crippen molar-refractivity contribution in [3.8, 4) is 0 Å². The Hall–Kier alpha value is -1.85. The van der Waals surface area contributed by atoms with Crippen LogP contribution in [0, 0.1) is 0 Å². The Labute approximate surface area is 513 Å². The van der Waals surface area contributed by atoms with Gasteiger partial charge in [0, 0.05) is 19.3 Å². The molecule has 0 aliphatic heterocycles. The number of rotatable bonds is 71. The Kier molecular flexibility index (Phi) is 70.0. The molecule has 0 saturated heterocycles. The van der Waals surface area contributed by atoms with Crippen molar-refractivity contribution in [2.75, 3.05) is 13.2 Å². The fourth-order valence-corrected chi connectivity index (χ4v) is 11.9. The number of hydrogen-bond acceptors (Lipinski definition) is 6. The van der Waals surface area contributed by atoms with Crippen molar-refractivity contribution in [3.63, 3.8) is 0 Å². The molecule has 0 fully saturated rings. The van der Waals surface area contributed by atoms with E-state index in [0.717, 1.165) is 64.2 Å². The summed E-state index contributed by atoms with van der Waals surface area (Å²) in [6.45, 7) is 6.70. The molecule has 0 saturated carbocycles. The molecule has 0 aromatic rings. The minimum Gasteiger partial charge on any atom is -0.462 e. The zero-order valence-corrected chi connectivity index (χ0v) is 56.1. The summed E-state index contributed by atoms with van der Waals surface area (Å²) in [5.74, 6) is -0.841. The summed E-state index contributed by atoms with van der Waals surface area (Å²) in [5.41, 5.74) is 0. The summed E-state index contributed by atoms with van der Waals surface area (Å²) >= 11 is 0. The van der Waals surface area contributed by atoms with E-state index >= 15 is 0 Å². The molecule has 0 rings (SSSR count). The minimum absolute atomic E-state index is 0.0658. The monoisotopic (exact) mass is 1160 g/mol. The van der Waals surface area contributed by atoms with Crippen LogP contribution in [0.15, 0.2) is 12.2 Å². The van der Waals surface area contributed by atoms with Crippen LogP contribution in [-0.4, -0.2) is 37.2 Å². The molecule has 0 aliphatic carbocycles. The van der Waals surface area contributed by atoms with E-state index < -0.39 is 6.10 Å². The van der Waals surface area contributed by atoms with Gasteiger partial charge in [-0.3, -0.25) is 14.4 Å². The Morgan fingerprint density at radius 2 is 0.402 bits per heavy atom. The second kappa shape index (κ2) is 71.6. The van der Waals surface area contributed by atoms with Crippen LogP contribution in [0.3, 0.4) is 0 Å². The van der Waals surface area contributed by atoms with Gasteiger partial charge in [-0.15, -0.1) is 0 Å². The average molecular weight is 1160 g/mol. The average Bonchev–Trinajstić information content (AvgIpc) is 3.47. The number of carbonyl (C=O) groups excluding carboxylic acids is 3. The van der Waals surface area contributed by atoms with E-state index in [2.05, 4.69) is 32.9 Å². The molecule has 6 heteroatoms. The van der Waals surface area contributed by atoms with Crippen LogP contribution in [0.25, 0.3) is 0 Å². The predicted molar refractivity (Wildman–Crippen MR) is 358 cm³/mol. The Morgan fingerprint density at radius 1 is 0.232 bits per heavy atom. The van der Waals surface area contributed by atoms with Crippen molar-refractivity contribution in [2.24, 2.45) is 0 Å². The molecule has 0 aromatic carbocycles. The van der Waals surface area contributed by atoms with Gasteiger partial charge in [-0.1, -0.05) is 386 Å². The van der Waals surface area contributed by atoms with Crippen molar-refractivity contribution in [3.05, 3.63) is 12.2 Å². The lowest BCUT2D eigenvalue weighted by Gasteiger charge is -2.18. The first-order valence-electron chi connectivity index (χ1n) is 37.7. The molecule has 82 heavy (non-hydrogen) atoms. The normalized spacial score (nSPS) is 12.0. The van der Waals surface area contributed by atoms with Gasteiger partial charge in [-0.05, 0) is 44.9 Å². The van der Waals surface area contributed by atoms with Gasteiger partial charge in [0.25, 0.3) is 0 Å². The van der Waals surface area contributed by atoms with Gasteiger partial charge >= 0.3 is 17.9 Å². The van der Waals surface area contributed by atoms with E-state index in [1.165, 1.54) is 334 Å². The van der Waals surface area contributed by atoms with Crippen LogP contribution in [0.1, 0.15) is 438 Å². The van der Waals surface area contributed by atoms with Gasteiger partial charge in [-0.25, -0.2) is 0 Å². The summed E-state index contributed by atoms with van der Waals surface area (Å²) < 4.78 is 17.0. The Bertz CT molecular complexity index is 1280. The lowest BCUT2D eigenvalue weighted by atomic mass is 10.0. The molecule has 0 spiro atoms. The zero-order chi connectivity index (χ0) is 59.2. The summed E-state index contributed by atoms with van der Waals surface area (Å²) in [7, 11) is 0. The third-order valence-electron chi connectivity index (χ3n) is 17.5. The van der Waals surface area contributed by atoms with Crippen molar-refractivity contribution < 1.29 is 28.6 Å². The van der Waals surface area contributed by atoms with Crippen LogP contribution in [0.2, 0.25) is 0 Å². The topological polar surface area (TPSA) is 78.9 Å². The Morgan fingerprint density at radius 3 is 0.634 bits per heavy atom. The lowest BCUT2D eigenvalue weighted by molar-refractivity contribution is -0.167. The molecule has 6 nitrogen and oxygen atoms in total. The summed E-state index contributed by atoms with van der Waals surface area (Å²) in [4.78, 5) is 38.4. The first-order valence-corrected chi connectivity index (χ1v) is 37.7. The highest BCUT2D eigenvalue weighted by atomic mass is 16.6. The lowest BCUT2D eigenvalue weighted by Crippen LogP contribution is -2.30. The van der Waals surface area contributed by atoms with E-state index in [4.69, 9.17) is 14.2 Å². The number of unbranched alkanes of at least 4 members (excludes halogenated alkanes) is 58. The van der Waals surface area contributed by atoms with Gasteiger partial charge in [0.05, 0.1) is 0 Å². The van der Waals surface area contributed by atoms with E-state index in [1.54, 1.807) is 0 Å². The van der Waals surface area contributed by atoms with E-state index in [-0.39, 0.29) is 31.1 Å². The van der Waals surface area contributed by atoms with Crippen LogP contribution in [0.5, 0.6) is 0 Å². The summed E-state index contributed by atoms with van der Waals surface area (Å²) in [5, 5.41) is 0.